The van der Waals surface area contributed by atoms with E-state index in [4.69, 9.17) is 10.5 Å². The van der Waals surface area contributed by atoms with Crippen LogP contribution in [-0.4, -0.2) is 11.0 Å². The van der Waals surface area contributed by atoms with E-state index >= 15 is 0 Å². The molecular formula is C16H19FN2O. The smallest absolute Gasteiger partial charge is 0.141 e. The highest BCUT2D eigenvalue weighted by Gasteiger charge is 2.09. The molecule has 0 bridgehead atoms. The first-order valence-electron chi connectivity index (χ1n) is 6.64. The van der Waals surface area contributed by atoms with Crippen LogP contribution in [0.1, 0.15) is 23.9 Å². The van der Waals surface area contributed by atoms with Gasteiger partial charge in [0.15, 0.2) is 0 Å². The summed E-state index contributed by atoms with van der Waals surface area (Å²) in [5.74, 6) is 0.400. The summed E-state index contributed by atoms with van der Waals surface area (Å²) in [6, 6.07) is 10.3. The van der Waals surface area contributed by atoms with Crippen LogP contribution < -0.4 is 10.5 Å². The number of aromatic nitrogens is 1. The van der Waals surface area contributed by atoms with Gasteiger partial charge in [-0.3, -0.25) is 4.98 Å². The van der Waals surface area contributed by atoms with Crippen LogP contribution >= 0.6 is 0 Å². The molecule has 106 valence electrons. The third kappa shape index (κ3) is 3.78. The van der Waals surface area contributed by atoms with Crippen molar-refractivity contribution >= 4 is 0 Å². The molecule has 0 spiro atoms. The summed E-state index contributed by atoms with van der Waals surface area (Å²) >= 11 is 0. The van der Waals surface area contributed by atoms with Gasteiger partial charge in [-0.25, -0.2) is 4.39 Å². The molecule has 0 aliphatic rings. The Labute approximate surface area is 118 Å². The van der Waals surface area contributed by atoms with Gasteiger partial charge in [0.25, 0.3) is 0 Å². The van der Waals surface area contributed by atoms with E-state index in [2.05, 4.69) is 4.98 Å². The molecule has 4 heteroatoms. The van der Waals surface area contributed by atoms with E-state index < -0.39 is 0 Å². The Kier molecular flexibility index (Phi) is 4.69. The summed E-state index contributed by atoms with van der Waals surface area (Å²) in [5, 5.41) is 0. The molecule has 0 saturated heterocycles. The normalized spacial score (nSPS) is 12.2. The number of halogens is 1. The summed E-state index contributed by atoms with van der Waals surface area (Å²) in [6.07, 6.45) is 0.633. The molecule has 3 nitrogen and oxygen atoms in total. The number of hydrogen-bond donors (Lipinski definition) is 1. The standard InChI is InChI=1S/C16H19FN2O/c1-11(18)9-15-16(8-7-12(2)19-15)20-10-13-5-3-4-6-14(13)17/h3-8,11H,9-10,18H2,1-2H3. The molecule has 0 aliphatic heterocycles. The molecule has 1 aromatic carbocycles. The number of hydrogen-bond acceptors (Lipinski definition) is 3. The first-order chi connectivity index (χ1) is 9.56. The van der Waals surface area contributed by atoms with E-state index in [0.717, 1.165) is 11.4 Å². The molecule has 2 rings (SSSR count). The minimum Gasteiger partial charge on any atom is -0.487 e. The molecule has 1 atom stereocenters. The van der Waals surface area contributed by atoms with Crippen LogP contribution in [0, 0.1) is 12.7 Å². The molecular weight excluding hydrogens is 255 g/mol. The maximum Gasteiger partial charge on any atom is 0.141 e. The number of nitrogens with two attached hydrogens (primary N) is 1. The fourth-order valence-electron chi connectivity index (χ4n) is 1.95. The van der Waals surface area contributed by atoms with Gasteiger partial charge in [0.2, 0.25) is 0 Å². The molecule has 2 N–H and O–H groups in total. The average Bonchev–Trinajstić information content (AvgIpc) is 2.39. The number of rotatable bonds is 5. The van der Waals surface area contributed by atoms with Crippen molar-refractivity contribution in [1.82, 2.24) is 4.98 Å². The van der Waals surface area contributed by atoms with E-state index in [0.29, 0.717) is 17.7 Å². The van der Waals surface area contributed by atoms with E-state index in [1.54, 1.807) is 18.2 Å². The van der Waals surface area contributed by atoms with Crippen LogP contribution in [0.3, 0.4) is 0 Å². The topological polar surface area (TPSA) is 48.1 Å². The fraction of sp³-hybridized carbons (Fsp3) is 0.312. The number of nitrogens with zero attached hydrogens (tertiary/aromatic N) is 1. The van der Waals surface area contributed by atoms with Crippen LogP contribution in [0.2, 0.25) is 0 Å². The number of ether oxygens (including phenoxy) is 1. The molecule has 1 unspecified atom stereocenters. The Morgan fingerprint density at radius 3 is 2.70 bits per heavy atom. The molecule has 1 aromatic heterocycles. The first kappa shape index (κ1) is 14.5. The predicted octanol–water partition coefficient (Wildman–Crippen LogP) is 3.00. The van der Waals surface area contributed by atoms with Crippen molar-refractivity contribution in [2.45, 2.75) is 32.9 Å². The first-order valence-corrected chi connectivity index (χ1v) is 6.64. The molecule has 0 fully saturated rings. The summed E-state index contributed by atoms with van der Waals surface area (Å²) in [4.78, 5) is 4.45. The van der Waals surface area contributed by atoms with E-state index in [9.17, 15) is 4.39 Å². The summed E-state index contributed by atoms with van der Waals surface area (Å²) < 4.78 is 19.3. The van der Waals surface area contributed by atoms with Gasteiger partial charge in [-0.2, -0.15) is 0 Å². The second-order valence-corrected chi connectivity index (χ2v) is 4.96. The third-order valence-electron chi connectivity index (χ3n) is 2.93. The third-order valence-corrected chi connectivity index (χ3v) is 2.93. The lowest BCUT2D eigenvalue weighted by Gasteiger charge is -2.13. The van der Waals surface area contributed by atoms with E-state index in [1.807, 2.05) is 26.0 Å². The Morgan fingerprint density at radius 2 is 2.00 bits per heavy atom. The monoisotopic (exact) mass is 274 g/mol. The zero-order valence-electron chi connectivity index (χ0n) is 11.8. The molecule has 0 aliphatic carbocycles. The van der Waals surface area contributed by atoms with Crippen molar-refractivity contribution in [3.8, 4) is 5.75 Å². The molecule has 0 radical (unpaired) electrons. The van der Waals surface area contributed by atoms with Crippen molar-refractivity contribution < 1.29 is 9.13 Å². The SMILES string of the molecule is Cc1ccc(OCc2ccccc2F)c(CC(C)N)n1. The van der Waals surface area contributed by atoms with Crippen LogP contribution in [0.4, 0.5) is 4.39 Å². The summed E-state index contributed by atoms with van der Waals surface area (Å²) in [6.45, 7) is 4.03. The highest BCUT2D eigenvalue weighted by atomic mass is 19.1. The zero-order chi connectivity index (χ0) is 14.5. The van der Waals surface area contributed by atoms with Crippen LogP contribution in [0.15, 0.2) is 36.4 Å². The van der Waals surface area contributed by atoms with Gasteiger partial charge in [-0.1, -0.05) is 18.2 Å². The highest BCUT2D eigenvalue weighted by molar-refractivity contribution is 5.30. The minimum absolute atomic E-state index is 0.000103. The molecule has 1 heterocycles. The lowest BCUT2D eigenvalue weighted by atomic mass is 10.1. The van der Waals surface area contributed by atoms with Crippen LogP contribution in [0.5, 0.6) is 5.75 Å². The Morgan fingerprint density at radius 1 is 1.25 bits per heavy atom. The average molecular weight is 274 g/mol. The fourth-order valence-corrected chi connectivity index (χ4v) is 1.95. The Hall–Kier alpha value is -1.94. The van der Waals surface area contributed by atoms with Crippen molar-refractivity contribution in [3.63, 3.8) is 0 Å². The number of aryl methyl sites for hydroxylation is 1. The quantitative estimate of drug-likeness (QED) is 0.911. The maximum atomic E-state index is 13.6. The maximum absolute atomic E-state index is 13.6. The van der Waals surface area contributed by atoms with E-state index in [-0.39, 0.29) is 18.5 Å². The molecule has 2 aromatic rings. The minimum atomic E-state index is -0.263. The predicted molar refractivity (Wildman–Crippen MR) is 77.1 cm³/mol. The van der Waals surface area contributed by atoms with Gasteiger partial charge in [0.1, 0.15) is 18.2 Å². The van der Waals surface area contributed by atoms with Gasteiger partial charge in [-0.15, -0.1) is 0 Å². The molecule has 0 amide bonds. The van der Waals surface area contributed by atoms with Gasteiger partial charge in [0, 0.05) is 23.7 Å². The van der Waals surface area contributed by atoms with Crippen LogP contribution in [0.25, 0.3) is 0 Å². The van der Waals surface area contributed by atoms with Crippen molar-refractivity contribution in [2.24, 2.45) is 5.73 Å². The van der Waals surface area contributed by atoms with Gasteiger partial charge in [0.05, 0.1) is 5.69 Å². The van der Waals surface area contributed by atoms with Gasteiger partial charge < -0.3 is 10.5 Å². The zero-order valence-corrected chi connectivity index (χ0v) is 11.8. The van der Waals surface area contributed by atoms with E-state index in [1.165, 1.54) is 6.07 Å². The van der Waals surface area contributed by atoms with Gasteiger partial charge in [-0.05, 0) is 32.0 Å². The second-order valence-electron chi connectivity index (χ2n) is 4.96. The van der Waals surface area contributed by atoms with Gasteiger partial charge >= 0.3 is 0 Å². The van der Waals surface area contributed by atoms with Crippen LogP contribution in [-0.2, 0) is 13.0 Å². The number of benzene rings is 1. The highest BCUT2D eigenvalue weighted by Crippen LogP contribution is 2.20. The lowest BCUT2D eigenvalue weighted by Crippen LogP contribution is -2.19. The lowest BCUT2D eigenvalue weighted by molar-refractivity contribution is 0.294. The summed E-state index contributed by atoms with van der Waals surface area (Å²) in [5.41, 5.74) is 8.08. The number of pyridine rings is 1. The Balaban J connectivity index is 2.15. The molecule has 20 heavy (non-hydrogen) atoms. The molecule has 0 saturated carbocycles. The van der Waals surface area contributed by atoms with Crippen molar-refractivity contribution in [3.05, 3.63) is 59.2 Å². The second kappa shape index (κ2) is 6.48. The van der Waals surface area contributed by atoms with Crippen molar-refractivity contribution in [2.75, 3.05) is 0 Å². The summed E-state index contributed by atoms with van der Waals surface area (Å²) in [7, 11) is 0. The van der Waals surface area contributed by atoms with Crippen molar-refractivity contribution in [1.29, 1.82) is 0 Å². The largest absolute Gasteiger partial charge is 0.487 e. The Bertz CT molecular complexity index is 584.